The molecule has 3 aromatic carbocycles. The topological polar surface area (TPSA) is 151 Å². The van der Waals surface area contributed by atoms with Gasteiger partial charge in [-0.1, -0.05) is 74.9 Å². The Morgan fingerprint density at radius 3 is 1.20 bits per heavy atom. The number of carbonyl (C=O) groups excluding carboxylic acids is 6. The van der Waals surface area contributed by atoms with Gasteiger partial charge in [0.15, 0.2) is 0 Å². The second-order valence-electron chi connectivity index (χ2n) is 14.0. The lowest BCUT2D eigenvalue weighted by Gasteiger charge is -2.27. The largest absolute Gasteiger partial charge is 0.497 e. The summed E-state index contributed by atoms with van der Waals surface area (Å²) in [5.74, 6) is -3.09. The monoisotopic (exact) mass is 762 g/mol. The third-order valence-corrected chi connectivity index (χ3v) is 10.0. The summed E-state index contributed by atoms with van der Waals surface area (Å²) in [5, 5.41) is 6.00. The quantitative estimate of drug-likeness (QED) is 0.137. The van der Waals surface area contributed by atoms with Crippen LogP contribution in [0.3, 0.4) is 0 Å². The van der Waals surface area contributed by atoms with Gasteiger partial charge in [0.25, 0.3) is 11.8 Å². The van der Waals surface area contributed by atoms with Crippen LogP contribution in [0.2, 0.25) is 0 Å². The first-order valence-electron chi connectivity index (χ1n) is 19.2. The Labute approximate surface area is 327 Å². The van der Waals surface area contributed by atoms with Gasteiger partial charge >= 0.3 is 0 Å². The van der Waals surface area contributed by atoms with Gasteiger partial charge < -0.3 is 20.1 Å². The molecule has 2 aliphatic carbocycles. The number of nitrogens with zero attached hydrogens (tertiary/aromatic N) is 2. The molecule has 0 bridgehead atoms. The number of hydrogen-bond acceptors (Lipinski definition) is 8. The van der Waals surface area contributed by atoms with Gasteiger partial charge in [-0.15, -0.1) is 0 Å². The van der Waals surface area contributed by atoms with Gasteiger partial charge in [-0.2, -0.15) is 0 Å². The minimum atomic E-state index is -0.931. The van der Waals surface area contributed by atoms with E-state index >= 15 is 0 Å². The van der Waals surface area contributed by atoms with E-state index in [4.69, 9.17) is 9.47 Å². The van der Waals surface area contributed by atoms with E-state index in [1.807, 2.05) is 0 Å². The summed E-state index contributed by atoms with van der Waals surface area (Å²) in [7, 11) is 3.09. The van der Waals surface area contributed by atoms with Crippen molar-refractivity contribution >= 4 is 58.7 Å². The number of anilines is 2. The molecular weight excluding hydrogens is 713 g/mol. The van der Waals surface area contributed by atoms with E-state index in [-0.39, 0.29) is 23.5 Å². The molecule has 0 aromatic heterocycles. The molecule has 2 aliphatic rings. The SMILES string of the molecule is COc1ccc(/C=C/C(=O)C(=O)N(CC(=O)NC2CCCCC2)c2ccc(N(CC(=O)NC3CCCCC3)C(=O)C(=O)/C=C/c3ccc(OC)cc3)cc2)cc1. The van der Waals surface area contributed by atoms with E-state index in [0.29, 0.717) is 22.6 Å². The summed E-state index contributed by atoms with van der Waals surface area (Å²) >= 11 is 0. The number of amides is 4. The highest BCUT2D eigenvalue weighted by molar-refractivity contribution is 6.47. The zero-order valence-electron chi connectivity index (χ0n) is 32.0. The molecule has 0 saturated heterocycles. The number of hydrogen-bond donors (Lipinski definition) is 2. The van der Waals surface area contributed by atoms with Crippen LogP contribution in [0.25, 0.3) is 12.2 Å². The molecule has 3 aromatic rings. The Hall–Kier alpha value is -6.04. The highest BCUT2D eigenvalue weighted by Gasteiger charge is 2.28. The van der Waals surface area contributed by atoms with Gasteiger partial charge in [-0.05, 0) is 97.5 Å². The Morgan fingerprint density at radius 2 is 0.875 bits per heavy atom. The van der Waals surface area contributed by atoms with E-state index in [1.54, 1.807) is 62.8 Å². The summed E-state index contributed by atoms with van der Waals surface area (Å²) in [6.07, 6.45) is 14.9. The van der Waals surface area contributed by atoms with Crippen LogP contribution in [0.4, 0.5) is 11.4 Å². The van der Waals surface area contributed by atoms with Crippen LogP contribution in [0.5, 0.6) is 11.5 Å². The molecule has 4 amide bonds. The van der Waals surface area contributed by atoms with Gasteiger partial charge in [-0.25, -0.2) is 0 Å². The average molecular weight is 763 g/mol. The first-order valence-corrected chi connectivity index (χ1v) is 19.2. The Bertz CT molecular complexity index is 1750. The summed E-state index contributed by atoms with van der Waals surface area (Å²) in [4.78, 5) is 82.7. The molecule has 12 heteroatoms. The van der Waals surface area contributed by atoms with Crippen LogP contribution in [0, 0.1) is 0 Å². The molecule has 56 heavy (non-hydrogen) atoms. The van der Waals surface area contributed by atoms with E-state index in [1.165, 1.54) is 36.4 Å². The van der Waals surface area contributed by atoms with Crippen LogP contribution in [-0.2, 0) is 28.8 Å². The number of methoxy groups -OCH3 is 2. The van der Waals surface area contributed by atoms with Crippen LogP contribution in [0.1, 0.15) is 75.3 Å². The van der Waals surface area contributed by atoms with Crippen LogP contribution in [-0.4, -0.2) is 74.6 Å². The second-order valence-corrected chi connectivity index (χ2v) is 14.0. The first kappa shape index (κ1) is 41.1. The van der Waals surface area contributed by atoms with Crippen molar-refractivity contribution in [2.75, 3.05) is 37.1 Å². The molecule has 0 heterocycles. The van der Waals surface area contributed by atoms with Gasteiger partial charge in [0.05, 0.1) is 14.2 Å². The van der Waals surface area contributed by atoms with E-state index in [2.05, 4.69) is 10.6 Å². The smallest absolute Gasteiger partial charge is 0.299 e. The van der Waals surface area contributed by atoms with Crippen molar-refractivity contribution < 1.29 is 38.2 Å². The maximum atomic E-state index is 13.7. The van der Waals surface area contributed by atoms with Gasteiger partial charge in [-0.3, -0.25) is 38.6 Å². The molecule has 0 aliphatic heterocycles. The molecule has 2 fully saturated rings. The number of ketones is 2. The van der Waals surface area contributed by atoms with Crippen molar-refractivity contribution in [3.05, 3.63) is 96.1 Å². The second kappa shape index (κ2) is 20.6. The third kappa shape index (κ3) is 12.0. The zero-order valence-corrected chi connectivity index (χ0v) is 32.0. The number of rotatable bonds is 16. The summed E-state index contributed by atoms with van der Waals surface area (Å²) in [6.45, 7) is -0.838. The number of nitrogens with one attached hydrogen (secondary N) is 2. The highest BCUT2D eigenvalue weighted by Crippen LogP contribution is 2.24. The third-order valence-electron chi connectivity index (χ3n) is 10.0. The lowest BCUT2D eigenvalue weighted by molar-refractivity contribution is -0.134. The molecule has 0 radical (unpaired) electrons. The van der Waals surface area contributed by atoms with Crippen molar-refractivity contribution in [3.8, 4) is 11.5 Å². The maximum Gasteiger partial charge on any atom is 0.299 e. The Morgan fingerprint density at radius 1 is 0.536 bits per heavy atom. The van der Waals surface area contributed by atoms with Crippen molar-refractivity contribution in [2.45, 2.75) is 76.3 Å². The number of benzene rings is 3. The lowest BCUT2D eigenvalue weighted by atomic mass is 9.95. The van der Waals surface area contributed by atoms with Gasteiger partial charge in [0.1, 0.15) is 24.6 Å². The van der Waals surface area contributed by atoms with Crippen molar-refractivity contribution in [2.24, 2.45) is 0 Å². The lowest BCUT2D eigenvalue weighted by Crippen LogP contribution is -2.47. The predicted octanol–water partition coefficient (Wildman–Crippen LogP) is 5.83. The number of ether oxygens (including phenoxy) is 2. The van der Waals surface area contributed by atoms with Crippen LogP contribution in [0.15, 0.2) is 84.9 Å². The molecule has 12 nitrogen and oxygen atoms in total. The molecule has 0 spiro atoms. The van der Waals surface area contributed by atoms with Crippen LogP contribution < -0.4 is 29.9 Å². The fraction of sp³-hybridized carbons (Fsp3) is 0.364. The molecule has 0 unspecified atom stereocenters. The van der Waals surface area contributed by atoms with Crippen molar-refractivity contribution in [1.82, 2.24) is 10.6 Å². The fourth-order valence-corrected chi connectivity index (χ4v) is 6.88. The fourth-order valence-electron chi connectivity index (χ4n) is 6.88. The zero-order chi connectivity index (χ0) is 39.9. The molecule has 0 atom stereocenters. The standard InChI is InChI=1S/C44H50N4O8/c1-55-37-23-13-31(14-24-37)17-27-39(49)43(53)47(29-41(51)45-33-9-5-3-6-10-33)35-19-21-36(22-20-35)48(30-42(52)46-34-11-7-4-8-12-34)44(54)40(50)28-18-32-15-25-38(56-2)26-16-32/h13-28,33-34H,3-12,29-30H2,1-2H3,(H,45,51)(H,46,52)/b27-17+,28-18+. The Balaban J connectivity index is 1.38. The maximum absolute atomic E-state index is 13.7. The highest BCUT2D eigenvalue weighted by atomic mass is 16.5. The summed E-state index contributed by atoms with van der Waals surface area (Å²) in [6, 6.07) is 19.8. The van der Waals surface area contributed by atoms with E-state index in [9.17, 15) is 28.8 Å². The Kier molecular flexibility index (Phi) is 15.1. The summed E-state index contributed by atoms with van der Waals surface area (Å²) < 4.78 is 10.4. The van der Waals surface area contributed by atoms with Crippen molar-refractivity contribution in [3.63, 3.8) is 0 Å². The van der Waals surface area contributed by atoms with Crippen LogP contribution >= 0.6 is 0 Å². The molecule has 5 rings (SSSR count). The molecule has 2 saturated carbocycles. The normalized spacial score (nSPS) is 14.9. The first-order chi connectivity index (χ1) is 27.1. The predicted molar refractivity (Wildman–Crippen MR) is 215 cm³/mol. The molecular formula is C44H50N4O8. The van der Waals surface area contributed by atoms with E-state index in [0.717, 1.165) is 86.2 Å². The minimum Gasteiger partial charge on any atom is -0.497 e. The van der Waals surface area contributed by atoms with E-state index < -0.39 is 48.3 Å². The van der Waals surface area contributed by atoms with Crippen molar-refractivity contribution in [1.29, 1.82) is 0 Å². The minimum absolute atomic E-state index is 0.0168. The van der Waals surface area contributed by atoms with Gasteiger partial charge in [0.2, 0.25) is 23.4 Å². The summed E-state index contributed by atoms with van der Waals surface area (Å²) in [5.41, 5.74) is 1.77. The molecule has 2 N–H and O–H groups in total. The number of carbonyl (C=O) groups is 6. The van der Waals surface area contributed by atoms with Gasteiger partial charge in [0, 0.05) is 23.5 Å². The average Bonchev–Trinajstić information content (AvgIpc) is 3.23. The molecule has 294 valence electrons.